The van der Waals surface area contributed by atoms with Crippen molar-refractivity contribution in [2.24, 2.45) is 5.92 Å². The first-order valence-electron chi connectivity index (χ1n) is 6.08. The molecular formula is C13H19N3O3. The van der Waals surface area contributed by atoms with Gasteiger partial charge in [0.25, 0.3) is 5.91 Å². The normalized spacial score (nSPS) is 13.9. The van der Waals surface area contributed by atoms with Gasteiger partial charge in [0.1, 0.15) is 11.5 Å². The van der Waals surface area contributed by atoms with Crippen molar-refractivity contribution >= 4 is 11.9 Å². The average Bonchev–Trinajstić information content (AvgIpc) is 2.27. The zero-order valence-electron chi connectivity index (χ0n) is 11.6. The fraction of sp³-hybridized carbons (Fsp3) is 0.538. The molecule has 1 heterocycles. The van der Waals surface area contributed by atoms with E-state index in [4.69, 9.17) is 5.11 Å². The number of amides is 1. The van der Waals surface area contributed by atoms with Crippen molar-refractivity contribution in [3.8, 4) is 0 Å². The maximum atomic E-state index is 12.1. The summed E-state index contributed by atoms with van der Waals surface area (Å²) in [6.07, 6.45) is 1.36. The number of hydrogen-bond acceptors (Lipinski definition) is 4. The minimum absolute atomic E-state index is 0.0181. The summed E-state index contributed by atoms with van der Waals surface area (Å²) in [7, 11) is 0. The lowest BCUT2D eigenvalue weighted by atomic mass is 9.85. The Bertz CT molecular complexity index is 488. The first-order chi connectivity index (χ1) is 8.74. The van der Waals surface area contributed by atoms with Crippen LogP contribution in [0.3, 0.4) is 0 Å². The van der Waals surface area contributed by atoms with Crippen LogP contribution in [0.15, 0.2) is 12.3 Å². The second kappa shape index (κ2) is 5.77. The lowest BCUT2D eigenvalue weighted by Crippen LogP contribution is -2.51. The summed E-state index contributed by atoms with van der Waals surface area (Å²) < 4.78 is 0. The Labute approximate surface area is 112 Å². The van der Waals surface area contributed by atoms with Gasteiger partial charge in [-0.05, 0) is 25.8 Å². The van der Waals surface area contributed by atoms with Crippen LogP contribution < -0.4 is 5.32 Å². The molecule has 0 aromatic carbocycles. The average molecular weight is 265 g/mol. The highest BCUT2D eigenvalue weighted by molar-refractivity contribution is 5.93. The summed E-state index contributed by atoms with van der Waals surface area (Å²) in [6, 6.07) is 1.50. The molecule has 19 heavy (non-hydrogen) atoms. The van der Waals surface area contributed by atoms with E-state index in [0.29, 0.717) is 5.82 Å². The van der Waals surface area contributed by atoms with Crippen molar-refractivity contribution in [1.29, 1.82) is 0 Å². The van der Waals surface area contributed by atoms with Gasteiger partial charge in [-0.2, -0.15) is 0 Å². The molecule has 0 aliphatic heterocycles. The highest BCUT2D eigenvalue weighted by atomic mass is 16.4. The minimum atomic E-state index is -0.949. The summed E-state index contributed by atoms with van der Waals surface area (Å²) in [5.74, 6) is -0.856. The van der Waals surface area contributed by atoms with Crippen LogP contribution in [-0.4, -0.2) is 32.5 Å². The number of carbonyl (C=O) groups is 2. The van der Waals surface area contributed by atoms with Crippen LogP contribution in [0.25, 0.3) is 0 Å². The number of carboxylic acid groups (broad SMARTS) is 1. The van der Waals surface area contributed by atoms with Gasteiger partial charge in [0.05, 0.1) is 12.0 Å². The fourth-order valence-corrected chi connectivity index (χ4v) is 1.61. The van der Waals surface area contributed by atoms with Crippen LogP contribution >= 0.6 is 0 Å². The summed E-state index contributed by atoms with van der Waals surface area (Å²) >= 11 is 0. The molecule has 0 aliphatic carbocycles. The van der Waals surface area contributed by atoms with E-state index in [-0.39, 0.29) is 23.9 Å². The molecule has 1 amide bonds. The van der Waals surface area contributed by atoms with E-state index in [9.17, 15) is 9.59 Å². The Morgan fingerprint density at radius 2 is 2.11 bits per heavy atom. The van der Waals surface area contributed by atoms with Gasteiger partial charge >= 0.3 is 5.97 Å². The Morgan fingerprint density at radius 1 is 1.47 bits per heavy atom. The smallest absolute Gasteiger partial charge is 0.305 e. The number of hydrogen-bond donors (Lipinski definition) is 2. The topological polar surface area (TPSA) is 92.2 Å². The summed E-state index contributed by atoms with van der Waals surface area (Å²) in [6.45, 7) is 7.15. The largest absolute Gasteiger partial charge is 0.481 e. The molecule has 0 fully saturated rings. The molecule has 0 saturated carbocycles. The molecule has 1 atom stereocenters. The standard InChI is InChI=1S/C13H19N3O3/c1-8(2)13(4,7-11(17)18)16-12(19)10-5-6-14-9(3)15-10/h5-6,8H,7H2,1-4H3,(H,16,19)(H,17,18). The van der Waals surface area contributed by atoms with Gasteiger partial charge in [-0.25, -0.2) is 9.97 Å². The fourth-order valence-electron chi connectivity index (χ4n) is 1.61. The Kier molecular flexibility index (Phi) is 4.58. The van der Waals surface area contributed by atoms with Crippen molar-refractivity contribution in [1.82, 2.24) is 15.3 Å². The SMILES string of the molecule is Cc1nccc(C(=O)NC(C)(CC(=O)O)C(C)C)n1. The van der Waals surface area contributed by atoms with Crippen LogP contribution in [-0.2, 0) is 4.79 Å². The Balaban J connectivity index is 2.91. The molecule has 0 aliphatic rings. The summed E-state index contributed by atoms with van der Waals surface area (Å²) in [4.78, 5) is 31.0. The molecule has 0 bridgehead atoms. The molecular weight excluding hydrogens is 246 g/mol. The Hall–Kier alpha value is -1.98. The molecule has 1 aromatic rings. The molecule has 6 heteroatoms. The molecule has 1 unspecified atom stereocenters. The predicted molar refractivity (Wildman–Crippen MR) is 69.7 cm³/mol. The van der Waals surface area contributed by atoms with Crippen LogP contribution in [0.1, 0.15) is 43.5 Å². The van der Waals surface area contributed by atoms with Crippen LogP contribution in [0.4, 0.5) is 0 Å². The lowest BCUT2D eigenvalue weighted by Gasteiger charge is -2.33. The van der Waals surface area contributed by atoms with Crippen LogP contribution in [0.5, 0.6) is 0 Å². The quantitative estimate of drug-likeness (QED) is 0.839. The highest BCUT2D eigenvalue weighted by Crippen LogP contribution is 2.21. The number of carboxylic acids is 1. The molecule has 1 rings (SSSR count). The van der Waals surface area contributed by atoms with Gasteiger partial charge in [-0.1, -0.05) is 13.8 Å². The molecule has 6 nitrogen and oxygen atoms in total. The predicted octanol–water partition coefficient (Wildman–Crippen LogP) is 1.40. The second-order valence-corrected chi connectivity index (χ2v) is 5.09. The maximum Gasteiger partial charge on any atom is 0.305 e. The van der Waals surface area contributed by atoms with Gasteiger partial charge in [0.2, 0.25) is 0 Å². The van der Waals surface area contributed by atoms with Gasteiger partial charge < -0.3 is 10.4 Å². The number of nitrogens with zero attached hydrogens (tertiary/aromatic N) is 2. The van der Waals surface area contributed by atoms with Crippen molar-refractivity contribution in [2.45, 2.75) is 39.7 Å². The maximum absolute atomic E-state index is 12.1. The first-order valence-corrected chi connectivity index (χ1v) is 6.08. The lowest BCUT2D eigenvalue weighted by molar-refractivity contribution is -0.138. The third-order valence-electron chi connectivity index (χ3n) is 3.20. The van der Waals surface area contributed by atoms with E-state index >= 15 is 0 Å². The molecule has 0 radical (unpaired) electrons. The van der Waals surface area contributed by atoms with Crippen molar-refractivity contribution in [3.63, 3.8) is 0 Å². The molecule has 104 valence electrons. The second-order valence-electron chi connectivity index (χ2n) is 5.09. The van der Waals surface area contributed by atoms with E-state index in [1.165, 1.54) is 12.3 Å². The Morgan fingerprint density at radius 3 is 2.58 bits per heavy atom. The van der Waals surface area contributed by atoms with Gasteiger partial charge in [-0.3, -0.25) is 9.59 Å². The van der Waals surface area contributed by atoms with Crippen LogP contribution in [0.2, 0.25) is 0 Å². The molecule has 0 spiro atoms. The number of aromatic nitrogens is 2. The molecule has 1 aromatic heterocycles. The number of aliphatic carboxylic acids is 1. The monoisotopic (exact) mass is 265 g/mol. The van der Waals surface area contributed by atoms with E-state index in [0.717, 1.165) is 0 Å². The minimum Gasteiger partial charge on any atom is -0.481 e. The molecule has 0 saturated heterocycles. The zero-order valence-corrected chi connectivity index (χ0v) is 11.6. The number of carbonyl (C=O) groups excluding carboxylic acids is 1. The van der Waals surface area contributed by atoms with Gasteiger partial charge in [0.15, 0.2) is 0 Å². The zero-order chi connectivity index (χ0) is 14.6. The number of rotatable bonds is 5. The number of nitrogens with one attached hydrogen (secondary N) is 1. The van der Waals surface area contributed by atoms with E-state index in [1.54, 1.807) is 13.8 Å². The summed E-state index contributed by atoms with van der Waals surface area (Å²) in [5, 5.41) is 11.7. The van der Waals surface area contributed by atoms with Crippen molar-refractivity contribution in [3.05, 3.63) is 23.8 Å². The van der Waals surface area contributed by atoms with E-state index in [2.05, 4.69) is 15.3 Å². The first kappa shape index (κ1) is 15.1. The van der Waals surface area contributed by atoms with Crippen LogP contribution in [0, 0.1) is 12.8 Å². The third-order valence-corrected chi connectivity index (χ3v) is 3.20. The van der Waals surface area contributed by atoms with Gasteiger partial charge in [-0.15, -0.1) is 0 Å². The summed E-state index contributed by atoms with van der Waals surface area (Å²) in [5.41, 5.74) is -0.577. The van der Waals surface area contributed by atoms with Crippen molar-refractivity contribution < 1.29 is 14.7 Å². The molecule has 2 N–H and O–H groups in total. The number of aryl methyl sites for hydroxylation is 1. The van der Waals surface area contributed by atoms with Crippen molar-refractivity contribution in [2.75, 3.05) is 0 Å². The van der Waals surface area contributed by atoms with E-state index < -0.39 is 11.5 Å². The van der Waals surface area contributed by atoms with Gasteiger partial charge in [0, 0.05) is 6.20 Å². The third kappa shape index (κ3) is 4.01. The van der Waals surface area contributed by atoms with E-state index in [1.807, 2.05) is 13.8 Å². The highest BCUT2D eigenvalue weighted by Gasteiger charge is 2.33.